The van der Waals surface area contributed by atoms with Crippen LogP contribution in [0.25, 0.3) is 0 Å². The molecule has 0 aliphatic rings. The van der Waals surface area contributed by atoms with Crippen LogP contribution < -0.4 is 9.73 Å². The van der Waals surface area contributed by atoms with Crippen LogP contribution in [-0.2, 0) is 21.2 Å². The number of nitrogens with one attached hydrogen (secondary N) is 1. The maximum atomic E-state index is 13.2. The summed E-state index contributed by atoms with van der Waals surface area (Å²) in [5.41, 5.74) is 3.81. The Labute approximate surface area is 189 Å². The molecule has 7 nitrogen and oxygen atoms in total. The van der Waals surface area contributed by atoms with Gasteiger partial charge in [0.05, 0.1) is 21.3 Å². The molecule has 0 bridgehead atoms. The van der Waals surface area contributed by atoms with Crippen LogP contribution in [0.1, 0.15) is 24.0 Å². The number of aryl methyl sites for hydroxylation is 2. The van der Waals surface area contributed by atoms with Gasteiger partial charge in [0.1, 0.15) is 18.1 Å². The minimum atomic E-state index is -3.95. The number of furan rings is 1. The second kappa shape index (κ2) is 9.93. The lowest BCUT2D eigenvalue weighted by Crippen LogP contribution is -2.39. The highest BCUT2D eigenvalue weighted by Gasteiger charge is 2.27. The van der Waals surface area contributed by atoms with Crippen molar-refractivity contribution in [2.45, 2.75) is 25.2 Å². The zero-order valence-electron chi connectivity index (χ0n) is 17.1. The van der Waals surface area contributed by atoms with Gasteiger partial charge in [0, 0.05) is 6.07 Å². The maximum absolute atomic E-state index is 13.2. The third-order valence-electron chi connectivity index (χ3n) is 4.51. The van der Waals surface area contributed by atoms with Crippen LogP contribution in [0.4, 0.5) is 5.69 Å². The van der Waals surface area contributed by atoms with E-state index in [4.69, 9.17) is 4.42 Å². The van der Waals surface area contributed by atoms with E-state index in [9.17, 15) is 13.2 Å². The monoisotopic (exact) mass is 503 g/mol. The predicted octanol–water partition coefficient (Wildman–Crippen LogP) is 4.26. The molecule has 0 unspecified atom stereocenters. The Kier molecular flexibility index (Phi) is 7.29. The largest absolute Gasteiger partial charge is 0.459 e. The van der Waals surface area contributed by atoms with E-state index in [2.05, 4.69) is 26.5 Å². The lowest BCUT2D eigenvalue weighted by atomic mass is 10.1. The third kappa shape index (κ3) is 5.62. The number of carbonyl (C=O) groups is 1. The molecule has 0 atom stereocenters. The van der Waals surface area contributed by atoms with Crippen LogP contribution >= 0.6 is 15.9 Å². The molecule has 1 amide bonds. The highest BCUT2D eigenvalue weighted by molar-refractivity contribution is 9.10. The Balaban J connectivity index is 1.82. The quantitative estimate of drug-likeness (QED) is 0.367. The summed E-state index contributed by atoms with van der Waals surface area (Å²) in [5.74, 6) is 0.551. The Hall–Kier alpha value is -2.91. The zero-order valence-corrected chi connectivity index (χ0v) is 19.5. The molecule has 1 N–H and O–H groups in total. The number of hydrogen-bond acceptors (Lipinski definition) is 5. The molecule has 31 heavy (non-hydrogen) atoms. The first-order chi connectivity index (χ1) is 14.8. The summed E-state index contributed by atoms with van der Waals surface area (Å²) in [6.07, 6.45) is 2.17. The van der Waals surface area contributed by atoms with E-state index in [1.807, 2.05) is 19.1 Å². The van der Waals surface area contributed by atoms with Crippen molar-refractivity contribution in [1.82, 2.24) is 5.43 Å². The summed E-state index contributed by atoms with van der Waals surface area (Å²) in [5, 5.41) is 3.86. The number of halogens is 1. The number of rotatable bonds is 8. The molecule has 162 valence electrons. The molecule has 1 heterocycles. The van der Waals surface area contributed by atoms with E-state index in [0.717, 1.165) is 20.8 Å². The lowest BCUT2D eigenvalue weighted by Gasteiger charge is -2.23. The Bertz CT molecular complexity index is 1150. The standard InChI is InChI=1S/C22H22BrN3O4S/c1-3-17-9-11-18(12-10-17)26(31(28,29)20-7-5-4-6-8-20)15-22(27)25-24-14-19-13-21(23)16(2)30-19/h4-14H,3,15H2,1-2H3,(H,25,27)/b24-14-. The number of carbonyl (C=O) groups excluding carboxylic acids is 1. The Morgan fingerprint density at radius 3 is 2.42 bits per heavy atom. The molecular weight excluding hydrogens is 482 g/mol. The van der Waals surface area contributed by atoms with Gasteiger partial charge in [-0.25, -0.2) is 13.8 Å². The molecule has 0 aliphatic carbocycles. The van der Waals surface area contributed by atoms with Crippen molar-refractivity contribution in [3.05, 3.63) is 82.2 Å². The van der Waals surface area contributed by atoms with E-state index in [1.165, 1.54) is 18.3 Å². The van der Waals surface area contributed by atoms with E-state index in [-0.39, 0.29) is 4.90 Å². The smallest absolute Gasteiger partial charge is 0.264 e. The molecule has 0 radical (unpaired) electrons. The Morgan fingerprint density at radius 1 is 1.16 bits per heavy atom. The first-order valence-electron chi connectivity index (χ1n) is 9.56. The topological polar surface area (TPSA) is 92.0 Å². The number of hydrazone groups is 1. The number of sulfonamides is 1. The molecule has 1 aromatic heterocycles. The summed E-state index contributed by atoms with van der Waals surface area (Å²) in [6.45, 7) is 3.37. The fraction of sp³-hybridized carbons (Fsp3) is 0.182. The van der Waals surface area contributed by atoms with Crippen molar-refractivity contribution in [2.24, 2.45) is 5.10 Å². The lowest BCUT2D eigenvalue weighted by molar-refractivity contribution is -0.119. The van der Waals surface area contributed by atoms with Gasteiger partial charge in [-0.05, 0) is 59.1 Å². The minimum absolute atomic E-state index is 0.0989. The third-order valence-corrected chi connectivity index (χ3v) is 7.08. The first-order valence-corrected chi connectivity index (χ1v) is 11.8. The van der Waals surface area contributed by atoms with Gasteiger partial charge in [0.2, 0.25) is 0 Å². The van der Waals surface area contributed by atoms with Crippen LogP contribution in [0.3, 0.4) is 0 Å². The van der Waals surface area contributed by atoms with Gasteiger partial charge in [-0.2, -0.15) is 5.10 Å². The highest BCUT2D eigenvalue weighted by atomic mass is 79.9. The van der Waals surface area contributed by atoms with E-state index >= 15 is 0 Å². The molecule has 0 fully saturated rings. The first kappa shape index (κ1) is 22.8. The van der Waals surface area contributed by atoms with Crippen LogP contribution in [0, 0.1) is 6.92 Å². The summed E-state index contributed by atoms with van der Waals surface area (Å²) in [7, 11) is -3.95. The maximum Gasteiger partial charge on any atom is 0.264 e. The summed E-state index contributed by atoms with van der Waals surface area (Å²) >= 11 is 3.33. The molecule has 2 aromatic carbocycles. The van der Waals surface area contributed by atoms with Crippen molar-refractivity contribution in [3.8, 4) is 0 Å². The van der Waals surface area contributed by atoms with Gasteiger partial charge < -0.3 is 4.42 Å². The van der Waals surface area contributed by atoms with Crippen LogP contribution in [0.5, 0.6) is 0 Å². The average Bonchev–Trinajstić information content (AvgIpc) is 3.09. The predicted molar refractivity (Wildman–Crippen MR) is 124 cm³/mol. The molecule has 0 saturated heterocycles. The molecule has 0 saturated carbocycles. The summed E-state index contributed by atoms with van der Waals surface area (Å²) < 4.78 is 33.8. The van der Waals surface area contributed by atoms with Gasteiger partial charge in [-0.3, -0.25) is 9.10 Å². The second-order valence-electron chi connectivity index (χ2n) is 6.69. The van der Waals surface area contributed by atoms with Crippen molar-refractivity contribution >= 4 is 43.8 Å². The van der Waals surface area contributed by atoms with E-state index < -0.39 is 22.5 Å². The van der Waals surface area contributed by atoms with Crippen molar-refractivity contribution in [2.75, 3.05) is 10.8 Å². The van der Waals surface area contributed by atoms with Crippen LogP contribution in [0.2, 0.25) is 0 Å². The summed E-state index contributed by atoms with van der Waals surface area (Å²) in [4.78, 5) is 12.6. The average molecular weight is 504 g/mol. The van der Waals surface area contributed by atoms with Crippen molar-refractivity contribution in [1.29, 1.82) is 0 Å². The number of hydrogen-bond donors (Lipinski definition) is 1. The zero-order chi connectivity index (χ0) is 22.4. The highest BCUT2D eigenvalue weighted by Crippen LogP contribution is 2.24. The second-order valence-corrected chi connectivity index (χ2v) is 9.41. The van der Waals surface area contributed by atoms with Gasteiger partial charge in [-0.15, -0.1) is 0 Å². The van der Waals surface area contributed by atoms with Crippen LogP contribution in [0.15, 0.2) is 79.6 Å². The summed E-state index contributed by atoms with van der Waals surface area (Å²) in [6, 6.07) is 16.8. The fourth-order valence-corrected chi connectivity index (χ4v) is 4.56. The molecule has 3 aromatic rings. The fourth-order valence-electron chi connectivity index (χ4n) is 2.81. The van der Waals surface area contributed by atoms with Gasteiger partial charge in [0.25, 0.3) is 15.9 Å². The molecule has 3 rings (SSSR count). The number of nitrogens with zero attached hydrogens (tertiary/aromatic N) is 2. The van der Waals surface area contributed by atoms with Gasteiger partial charge >= 0.3 is 0 Å². The number of benzene rings is 2. The Morgan fingerprint density at radius 2 is 1.84 bits per heavy atom. The van der Waals surface area contributed by atoms with Crippen LogP contribution in [-0.4, -0.2) is 27.1 Å². The SMILES string of the molecule is CCc1ccc(N(CC(=O)N/N=C\c2cc(Br)c(C)o2)S(=O)(=O)c2ccccc2)cc1. The molecule has 0 spiro atoms. The molecular formula is C22H22BrN3O4S. The normalized spacial score (nSPS) is 11.6. The van der Waals surface area contributed by atoms with Crippen molar-refractivity contribution in [3.63, 3.8) is 0 Å². The number of amides is 1. The molecule has 9 heteroatoms. The van der Waals surface area contributed by atoms with E-state index in [1.54, 1.807) is 43.3 Å². The number of anilines is 1. The van der Waals surface area contributed by atoms with Gasteiger partial charge in [-0.1, -0.05) is 37.3 Å². The van der Waals surface area contributed by atoms with Gasteiger partial charge in [0.15, 0.2) is 0 Å². The minimum Gasteiger partial charge on any atom is -0.459 e. The molecule has 0 aliphatic heterocycles. The van der Waals surface area contributed by atoms with E-state index in [0.29, 0.717) is 17.2 Å². The van der Waals surface area contributed by atoms with Crippen molar-refractivity contribution < 1.29 is 17.6 Å².